The first-order chi connectivity index (χ1) is 14.9. The number of hydrogen-bond donors (Lipinski definition) is 2. The van der Waals surface area contributed by atoms with Gasteiger partial charge in [-0.2, -0.15) is 0 Å². The molecule has 1 fully saturated rings. The van der Waals surface area contributed by atoms with Crippen LogP contribution in [-0.4, -0.2) is 45.7 Å². The summed E-state index contributed by atoms with van der Waals surface area (Å²) in [7, 11) is -3.87. The average molecular weight is 442 g/mol. The van der Waals surface area contributed by atoms with Crippen LogP contribution >= 0.6 is 0 Å². The maximum absolute atomic E-state index is 13.1. The van der Waals surface area contributed by atoms with Crippen molar-refractivity contribution >= 4 is 32.6 Å². The van der Waals surface area contributed by atoms with Crippen LogP contribution in [0.2, 0.25) is 0 Å². The van der Waals surface area contributed by atoms with E-state index in [1.165, 1.54) is 6.07 Å². The van der Waals surface area contributed by atoms with E-state index in [1.807, 2.05) is 12.1 Å². The third-order valence-electron chi connectivity index (χ3n) is 5.06. The van der Waals surface area contributed by atoms with Gasteiger partial charge in [-0.3, -0.25) is 9.62 Å². The molecule has 0 aromatic heterocycles. The van der Waals surface area contributed by atoms with Gasteiger partial charge in [0.1, 0.15) is 5.75 Å². The van der Waals surface area contributed by atoms with Crippen LogP contribution in [0.5, 0.6) is 5.75 Å². The predicted octanol–water partition coefficient (Wildman–Crippen LogP) is 2.93. The normalized spacial score (nSPS) is 15.0. The third kappa shape index (κ3) is 4.96. The van der Waals surface area contributed by atoms with Gasteiger partial charge in [0.25, 0.3) is 10.0 Å². The summed E-state index contributed by atoms with van der Waals surface area (Å²) in [6, 6.07) is 16.9. The minimum Gasteiger partial charge on any atom is -0.410 e. The molecule has 0 aliphatic carbocycles. The Labute approximate surface area is 180 Å². The number of carbonyl (C=O) groups is 1. The van der Waals surface area contributed by atoms with Gasteiger partial charge in [0, 0.05) is 36.1 Å². The molecule has 3 aromatic rings. The van der Waals surface area contributed by atoms with Crippen molar-refractivity contribution in [2.75, 3.05) is 31.0 Å². The Bertz CT molecular complexity index is 1190. The molecule has 1 saturated heterocycles. The van der Waals surface area contributed by atoms with Gasteiger partial charge in [-0.15, -0.1) is 0 Å². The number of nitrogens with two attached hydrogens (primary N) is 1. The van der Waals surface area contributed by atoms with Crippen molar-refractivity contribution in [1.29, 1.82) is 0 Å². The topological polar surface area (TPSA) is 111 Å². The van der Waals surface area contributed by atoms with Gasteiger partial charge in [0.05, 0.1) is 18.1 Å². The Morgan fingerprint density at radius 3 is 2.39 bits per heavy atom. The Morgan fingerprint density at radius 2 is 1.68 bits per heavy atom. The van der Waals surface area contributed by atoms with Gasteiger partial charge in [0.15, 0.2) is 0 Å². The second kappa shape index (κ2) is 8.93. The maximum atomic E-state index is 13.1. The molecule has 3 N–H and O–H groups in total. The molecule has 1 aliphatic rings. The molecule has 0 spiro atoms. The van der Waals surface area contributed by atoms with Crippen LogP contribution in [0.15, 0.2) is 65.6 Å². The van der Waals surface area contributed by atoms with Crippen molar-refractivity contribution in [1.82, 2.24) is 4.90 Å². The first-order valence-electron chi connectivity index (χ1n) is 9.83. The molecule has 3 aromatic carbocycles. The zero-order chi connectivity index (χ0) is 21.8. The quantitative estimate of drug-likeness (QED) is 0.608. The number of amides is 1. The lowest BCUT2D eigenvalue weighted by Gasteiger charge is -2.26. The number of hydrogen-bond acceptors (Lipinski definition) is 6. The minimum absolute atomic E-state index is 0.0808. The van der Waals surface area contributed by atoms with E-state index in [0.29, 0.717) is 16.5 Å². The summed E-state index contributed by atoms with van der Waals surface area (Å²) in [5.74, 6) is 0.203. The summed E-state index contributed by atoms with van der Waals surface area (Å²) >= 11 is 0. The summed E-state index contributed by atoms with van der Waals surface area (Å²) < 4.78 is 39.2. The molecule has 8 nitrogen and oxygen atoms in total. The van der Waals surface area contributed by atoms with E-state index in [2.05, 4.69) is 9.62 Å². The molecule has 0 unspecified atom stereocenters. The Morgan fingerprint density at radius 1 is 1.00 bits per heavy atom. The first-order valence-corrected chi connectivity index (χ1v) is 11.3. The van der Waals surface area contributed by atoms with Crippen LogP contribution in [0.25, 0.3) is 10.8 Å². The lowest BCUT2D eigenvalue weighted by atomic mass is 10.1. The molecule has 1 aliphatic heterocycles. The lowest BCUT2D eigenvalue weighted by Crippen LogP contribution is -2.35. The van der Waals surface area contributed by atoms with Crippen LogP contribution in [0.3, 0.4) is 0 Å². The number of morpholine rings is 1. The molecule has 0 radical (unpaired) electrons. The van der Waals surface area contributed by atoms with Gasteiger partial charge in [-0.05, 0) is 29.8 Å². The molecule has 0 atom stereocenters. The summed E-state index contributed by atoms with van der Waals surface area (Å²) in [5, 5.41) is 0.905. The highest BCUT2D eigenvalue weighted by Crippen LogP contribution is 2.31. The number of anilines is 1. The standard InChI is InChI=1S/C22H23N3O5S/c23-22(26)30-20-5-1-4-19-18(20)3-2-6-21(19)31(27,28)24-17-9-7-16(8-10-17)15-25-11-13-29-14-12-25/h1-10,24H,11-15H2,(H2,23,26). The van der Waals surface area contributed by atoms with Crippen LogP contribution in [0, 0.1) is 0 Å². The summed E-state index contributed by atoms with van der Waals surface area (Å²) in [6.07, 6.45) is -0.962. The number of fused-ring (bicyclic) bond motifs is 1. The van der Waals surface area contributed by atoms with E-state index >= 15 is 0 Å². The van der Waals surface area contributed by atoms with E-state index in [4.69, 9.17) is 15.2 Å². The first kappa shape index (κ1) is 21.1. The molecule has 4 rings (SSSR count). The number of carbonyl (C=O) groups excluding carboxylic acids is 1. The minimum atomic E-state index is -3.87. The number of rotatable bonds is 6. The SMILES string of the molecule is NC(=O)Oc1cccc2c(S(=O)(=O)Nc3ccc(CN4CCOCC4)cc3)cccc12. The van der Waals surface area contributed by atoms with Gasteiger partial charge in [-0.1, -0.05) is 36.4 Å². The molecule has 9 heteroatoms. The fraction of sp³-hybridized carbons (Fsp3) is 0.227. The van der Waals surface area contributed by atoms with Crippen molar-refractivity contribution in [2.45, 2.75) is 11.4 Å². The molecule has 1 heterocycles. The highest BCUT2D eigenvalue weighted by Gasteiger charge is 2.19. The fourth-order valence-electron chi connectivity index (χ4n) is 3.59. The maximum Gasteiger partial charge on any atom is 0.409 e. The van der Waals surface area contributed by atoms with E-state index in [-0.39, 0.29) is 10.6 Å². The van der Waals surface area contributed by atoms with Gasteiger partial charge < -0.3 is 15.2 Å². The van der Waals surface area contributed by atoms with Gasteiger partial charge in [0.2, 0.25) is 0 Å². The predicted molar refractivity (Wildman–Crippen MR) is 118 cm³/mol. The molecule has 0 bridgehead atoms. The lowest BCUT2D eigenvalue weighted by molar-refractivity contribution is 0.0342. The summed E-state index contributed by atoms with van der Waals surface area (Å²) in [5.41, 5.74) is 6.68. The number of nitrogens with one attached hydrogen (secondary N) is 1. The van der Waals surface area contributed by atoms with E-state index < -0.39 is 16.1 Å². The molecular formula is C22H23N3O5S. The molecule has 1 amide bonds. The van der Waals surface area contributed by atoms with Crippen LogP contribution in [-0.2, 0) is 21.3 Å². The van der Waals surface area contributed by atoms with Crippen LogP contribution < -0.4 is 15.2 Å². The van der Waals surface area contributed by atoms with Crippen molar-refractivity contribution in [2.24, 2.45) is 5.73 Å². The third-order valence-corrected chi connectivity index (χ3v) is 6.50. The van der Waals surface area contributed by atoms with Gasteiger partial charge in [-0.25, -0.2) is 13.2 Å². The highest BCUT2D eigenvalue weighted by atomic mass is 32.2. The smallest absolute Gasteiger partial charge is 0.409 e. The average Bonchev–Trinajstić information content (AvgIpc) is 2.75. The van der Waals surface area contributed by atoms with Gasteiger partial charge >= 0.3 is 6.09 Å². The van der Waals surface area contributed by atoms with Crippen molar-refractivity contribution in [3.8, 4) is 5.75 Å². The highest BCUT2D eigenvalue weighted by molar-refractivity contribution is 7.93. The Kier molecular flexibility index (Phi) is 6.08. The zero-order valence-electron chi connectivity index (χ0n) is 16.8. The van der Waals surface area contributed by atoms with Crippen LogP contribution in [0.1, 0.15) is 5.56 Å². The van der Waals surface area contributed by atoms with Crippen molar-refractivity contribution in [3.05, 3.63) is 66.2 Å². The second-order valence-corrected chi connectivity index (χ2v) is 8.87. The number of benzene rings is 3. The second-order valence-electron chi connectivity index (χ2n) is 7.22. The van der Waals surface area contributed by atoms with Crippen molar-refractivity contribution in [3.63, 3.8) is 0 Å². The van der Waals surface area contributed by atoms with E-state index in [9.17, 15) is 13.2 Å². The molecule has 31 heavy (non-hydrogen) atoms. The molecule has 0 saturated carbocycles. The van der Waals surface area contributed by atoms with Crippen molar-refractivity contribution < 1.29 is 22.7 Å². The Hall–Kier alpha value is -3.14. The largest absolute Gasteiger partial charge is 0.410 e. The number of ether oxygens (including phenoxy) is 2. The monoisotopic (exact) mass is 441 g/mol. The van der Waals surface area contributed by atoms with E-state index in [1.54, 1.807) is 42.5 Å². The molecule has 162 valence electrons. The van der Waals surface area contributed by atoms with Crippen LogP contribution in [0.4, 0.5) is 10.5 Å². The zero-order valence-corrected chi connectivity index (χ0v) is 17.6. The summed E-state index contributed by atoms with van der Waals surface area (Å²) in [6.45, 7) is 4.03. The van der Waals surface area contributed by atoms with E-state index in [0.717, 1.165) is 38.4 Å². The molecular weight excluding hydrogens is 418 g/mol. The Balaban J connectivity index is 1.56. The number of nitrogens with zero attached hydrogens (tertiary/aromatic N) is 1. The fourth-order valence-corrected chi connectivity index (χ4v) is 4.87. The summed E-state index contributed by atoms with van der Waals surface area (Å²) in [4.78, 5) is 13.5. The number of sulfonamides is 1. The number of primary amides is 1.